The Morgan fingerprint density at radius 1 is 1.18 bits per heavy atom. The van der Waals surface area contributed by atoms with Crippen LogP contribution in [0.2, 0.25) is 0 Å². The molecule has 2 N–H and O–H groups in total. The molecular formula is C17H20F3N3O4S. The number of nitrogens with zero attached hydrogens (tertiary/aromatic N) is 2. The average Bonchev–Trinajstić information content (AvgIpc) is 3.07. The second-order valence-electron chi connectivity index (χ2n) is 7.12. The first-order chi connectivity index (χ1) is 13.1. The first-order valence-electron chi connectivity index (χ1n) is 8.78. The molecule has 2 fully saturated rings. The van der Waals surface area contributed by atoms with E-state index in [4.69, 9.17) is 0 Å². The Bertz CT molecular complexity index is 893. The van der Waals surface area contributed by atoms with Crippen molar-refractivity contribution in [3.8, 4) is 0 Å². The smallest absolute Gasteiger partial charge is 0.410 e. The van der Waals surface area contributed by atoms with Crippen LogP contribution in [0.5, 0.6) is 0 Å². The first-order valence-corrected chi connectivity index (χ1v) is 10.3. The van der Waals surface area contributed by atoms with Crippen LogP contribution < -0.4 is 4.72 Å². The van der Waals surface area contributed by atoms with Gasteiger partial charge in [-0.25, -0.2) is 0 Å². The fraction of sp³-hybridized carbons (Fsp3) is 0.529. The van der Waals surface area contributed by atoms with Crippen molar-refractivity contribution in [1.82, 2.24) is 4.90 Å². The molecule has 1 aromatic carbocycles. The number of likely N-dealkylation sites (tertiary alicyclic amines) is 1. The van der Waals surface area contributed by atoms with Gasteiger partial charge in [0.1, 0.15) is 0 Å². The molecule has 154 valence electrons. The van der Waals surface area contributed by atoms with Crippen LogP contribution >= 0.6 is 0 Å². The lowest BCUT2D eigenvalue weighted by Gasteiger charge is -2.39. The second-order valence-corrected chi connectivity index (χ2v) is 8.80. The number of hydrogen-bond donors (Lipinski definition) is 2. The average molecular weight is 419 g/mol. The SMILES string of the molecule is O=C1C(=NO)C2(CCCC2)CCN1Cc1ccccc1NS(=O)(=O)C(F)(F)F. The van der Waals surface area contributed by atoms with Crippen LogP contribution in [0.1, 0.15) is 37.7 Å². The fourth-order valence-corrected chi connectivity index (χ4v) is 4.55. The van der Waals surface area contributed by atoms with Gasteiger partial charge >= 0.3 is 15.5 Å². The minimum absolute atomic E-state index is 0.0737. The van der Waals surface area contributed by atoms with Gasteiger partial charge in [-0.1, -0.05) is 36.2 Å². The summed E-state index contributed by atoms with van der Waals surface area (Å²) in [7, 11) is -5.58. The third-order valence-corrected chi connectivity index (χ3v) is 6.54. The van der Waals surface area contributed by atoms with Gasteiger partial charge in [0, 0.05) is 18.5 Å². The Hall–Kier alpha value is -2.30. The number of benzene rings is 1. The lowest BCUT2D eigenvalue weighted by Crippen LogP contribution is -2.51. The number of alkyl halides is 3. The summed E-state index contributed by atoms with van der Waals surface area (Å²) in [5, 5.41) is 12.6. The Kier molecular flexibility index (Phi) is 5.30. The van der Waals surface area contributed by atoms with E-state index in [1.165, 1.54) is 33.9 Å². The van der Waals surface area contributed by atoms with E-state index in [0.717, 1.165) is 25.7 Å². The van der Waals surface area contributed by atoms with Gasteiger partial charge < -0.3 is 10.1 Å². The molecule has 28 heavy (non-hydrogen) atoms. The zero-order chi connectivity index (χ0) is 20.6. The highest BCUT2D eigenvalue weighted by Crippen LogP contribution is 2.45. The fourth-order valence-electron chi connectivity index (χ4n) is 3.95. The molecule has 0 unspecified atom stereocenters. The number of carbonyl (C=O) groups excluding carboxylic acids is 1. The van der Waals surface area contributed by atoms with Gasteiger partial charge in [-0.15, -0.1) is 0 Å². The number of anilines is 1. The highest BCUT2D eigenvalue weighted by molar-refractivity contribution is 7.93. The number of halogens is 3. The van der Waals surface area contributed by atoms with Gasteiger partial charge in [0.05, 0.1) is 5.69 Å². The number of carbonyl (C=O) groups is 1. The quantitative estimate of drug-likeness (QED) is 0.579. The Morgan fingerprint density at radius 3 is 2.43 bits per heavy atom. The highest BCUT2D eigenvalue weighted by atomic mass is 32.2. The van der Waals surface area contributed by atoms with Crippen molar-refractivity contribution in [3.05, 3.63) is 29.8 Å². The minimum atomic E-state index is -5.58. The van der Waals surface area contributed by atoms with Crippen molar-refractivity contribution in [1.29, 1.82) is 0 Å². The number of sulfonamides is 1. The maximum absolute atomic E-state index is 12.8. The molecule has 1 heterocycles. The lowest BCUT2D eigenvalue weighted by molar-refractivity contribution is -0.127. The number of oxime groups is 1. The van der Waals surface area contributed by atoms with Crippen LogP contribution in [0.25, 0.3) is 0 Å². The summed E-state index contributed by atoms with van der Waals surface area (Å²) >= 11 is 0. The van der Waals surface area contributed by atoms with E-state index in [2.05, 4.69) is 5.16 Å². The molecule has 1 saturated carbocycles. The van der Waals surface area contributed by atoms with E-state index in [1.807, 2.05) is 0 Å². The Labute approximate surface area is 160 Å². The van der Waals surface area contributed by atoms with Crippen LogP contribution in [0.15, 0.2) is 29.4 Å². The van der Waals surface area contributed by atoms with E-state index in [1.54, 1.807) is 0 Å². The summed E-state index contributed by atoms with van der Waals surface area (Å²) < 4.78 is 62.4. The number of hydrogen-bond acceptors (Lipinski definition) is 5. The molecule has 7 nitrogen and oxygen atoms in total. The molecule has 11 heteroatoms. The Balaban J connectivity index is 1.83. The molecule has 2 aliphatic rings. The molecule has 1 amide bonds. The summed E-state index contributed by atoms with van der Waals surface area (Å²) in [4.78, 5) is 14.2. The van der Waals surface area contributed by atoms with E-state index >= 15 is 0 Å². The monoisotopic (exact) mass is 419 g/mol. The number of amides is 1. The molecule has 0 aromatic heterocycles. The molecule has 3 rings (SSSR count). The minimum Gasteiger partial charge on any atom is -0.410 e. The van der Waals surface area contributed by atoms with Gasteiger partial charge in [0.25, 0.3) is 5.91 Å². The highest BCUT2D eigenvalue weighted by Gasteiger charge is 2.48. The van der Waals surface area contributed by atoms with Gasteiger partial charge in [-0.3, -0.25) is 9.52 Å². The molecule has 0 bridgehead atoms. The number of para-hydroxylation sites is 1. The van der Waals surface area contributed by atoms with E-state index in [9.17, 15) is 31.6 Å². The van der Waals surface area contributed by atoms with E-state index in [0.29, 0.717) is 13.0 Å². The summed E-state index contributed by atoms with van der Waals surface area (Å²) in [5.74, 6) is -0.482. The standard InChI is InChI=1S/C17H20F3N3O4S/c18-17(19,20)28(26,27)22-13-6-2-1-5-12(13)11-23-10-9-16(7-3-4-8-16)14(21-25)15(23)24/h1-2,5-6,22,25H,3-4,7-11H2. The number of nitrogens with one attached hydrogen (secondary N) is 1. The molecule has 1 aliphatic carbocycles. The van der Waals surface area contributed by atoms with E-state index in [-0.39, 0.29) is 23.5 Å². The summed E-state index contributed by atoms with van der Waals surface area (Å²) in [5.41, 5.74) is -5.86. The van der Waals surface area contributed by atoms with Gasteiger partial charge in [0.15, 0.2) is 5.71 Å². The van der Waals surface area contributed by atoms with Crippen molar-refractivity contribution in [3.63, 3.8) is 0 Å². The van der Waals surface area contributed by atoms with Gasteiger partial charge in [0.2, 0.25) is 0 Å². The third-order valence-electron chi connectivity index (χ3n) is 5.44. The summed E-state index contributed by atoms with van der Waals surface area (Å²) in [6.45, 7) is 0.239. The van der Waals surface area contributed by atoms with Crippen LogP contribution in [0, 0.1) is 5.41 Å². The van der Waals surface area contributed by atoms with Crippen molar-refractivity contribution < 1.29 is 31.6 Å². The summed E-state index contributed by atoms with van der Waals surface area (Å²) in [6, 6.07) is 5.57. The zero-order valence-electron chi connectivity index (χ0n) is 14.9. The molecule has 0 atom stereocenters. The maximum Gasteiger partial charge on any atom is 0.516 e. The predicted molar refractivity (Wildman–Crippen MR) is 95.2 cm³/mol. The predicted octanol–water partition coefficient (Wildman–Crippen LogP) is 3.07. The lowest BCUT2D eigenvalue weighted by atomic mass is 9.75. The van der Waals surface area contributed by atoms with Crippen LogP contribution in [0.4, 0.5) is 18.9 Å². The molecular weight excluding hydrogens is 399 g/mol. The van der Waals surface area contributed by atoms with Crippen LogP contribution in [-0.4, -0.2) is 42.2 Å². The summed E-state index contributed by atoms with van der Waals surface area (Å²) in [6.07, 6.45) is 3.99. The van der Waals surface area contributed by atoms with Crippen molar-refractivity contribution in [2.45, 2.75) is 44.2 Å². The molecule has 1 aliphatic heterocycles. The van der Waals surface area contributed by atoms with Gasteiger partial charge in [-0.2, -0.15) is 21.6 Å². The van der Waals surface area contributed by atoms with Crippen molar-refractivity contribution in [2.75, 3.05) is 11.3 Å². The first kappa shape index (κ1) is 20.4. The third kappa shape index (κ3) is 3.67. The molecule has 1 saturated heterocycles. The number of piperidine rings is 1. The van der Waals surface area contributed by atoms with Crippen LogP contribution in [-0.2, 0) is 21.4 Å². The topological polar surface area (TPSA) is 99.1 Å². The van der Waals surface area contributed by atoms with E-state index < -0.39 is 26.9 Å². The van der Waals surface area contributed by atoms with Gasteiger partial charge in [-0.05, 0) is 30.9 Å². The normalized spacial score (nSPS) is 21.5. The maximum atomic E-state index is 12.8. The van der Waals surface area contributed by atoms with Crippen molar-refractivity contribution >= 4 is 27.3 Å². The largest absolute Gasteiger partial charge is 0.516 e. The van der Waals surface area contributed by atoms with Crippen LogP contribution in [0.3, 0.4) is 0 Å². The molecule has 0 radical (unpaired) electrons. The Morgan fingerprint density at radius 2 is 1.82 bits per heavy atom. The molecule has 1 aromatic rings. The van der Waals surface area contributed by atoms with Crippen molar-refractivity contribution in [2.24, 2.45) is 10.6 Å². The second kappa shape index (κ2) is 7.26. The number of rotatable bonds is 4. The zero-order valence-corrected chi connectivity index (χ0v) is 15.7. The molecule has 1 spiro atoms.